The number of nitrogens with two attached hydrogens (primary N) is 1. The van der Waals surface area contributed by atoms with Gasteiger partial charge < -0.3 is 10.6 Å². The van der Waals surface area contributed by atoms with Crippen molar-refractivity contribution >= 4 is 11.4 Å². The summed E-state index contributed by atoms with van der Waals surface area (Å²) in [7, 11) is 0. The molecule has 78 valence electrons. The van der Waals surface area contributed by atoms with Crippen molar-refractivity contribution in [2.24, 2.45) is 0 Å². The van der Waals surface area contributed by atoms with Gasteiger partial charge in [0.05, 0.1) is 0 Å². The first-order valence-corrected chi connectivity index (χ1v) is 5.36. The summed E-state index contributed by atoms with van der Waals surface area (Å²) in [4.78, 5) is 2.34. The van der Waals surface area contributed by atoms with Gasteiger partial charge in [-0.3, -0.25) is 0 Å². The molecule has 1 aromatic carbocycles. The number of hydrogen-bond donors (Lipinski definition) is 1. The van der Waals surface area contributed by atoms with Crippen LogP contribution in [0.1, 0.15) is 26.3 Å². The van der Waals surface area contributed by atoms with Crippen molar-refractivity contribution in [1.82, 2.24) is 0 Å². The van der Waals surface area contributed by atoms with E-state index in [0.29, 0.717) is 0 Å². The van der Waals surface area contributed by atoms with Crippen LogP contribution >= 0.6 is 0 Å². The van der Waals surface area contributed by atoms with Crippen molar-refractivity contribution in [2.75, 3.05) is 23.7 Å². The Morgan fingerprint density at radius 1 is 1.14 bits per heavy atom. The molecule has 0 amide bonds. The zero-order valence-corrected chi connectivity index (χ0v) is 9.38. The van der Waals surface area contributed by atoms with E-state index in [-0.39, 0.29) is 0 Å². The third-order valence-corrected chi connectivity index (χ3v) is 2.59. The van der Waals surface area contributed by atoms with Crippen molar-refractivity contribution in [1.29, 1.82) is 0 Å². The van der Waals surface area contributed by atoms with Gasteiger partial charge in [0.1, 0.15) is 0 Å². The molecule has 1 aromatic rings. The lowest BCUT2D eigenvalue weighted by Crippen LogP contribution is -2.23. The molecule has 0 bridgehead atoms. The average Bonchev–Trinajstić information content (AvgIpc) is 2.20. The maximum atomic E-state index is 5.80. The van der Waals surface area contributed by atoms with Gasteiger partial charge in [0.2, 0.25) is 0 Å². The van der Waals surface area contributed by atoms with Crippen molar-refractivity contribution in [3.63, 3.8) is 0 Å². The van der Waals surface area contributed by atoms with Crippen molar-refractivity contribution in [3.05, 3.63) is 23.8 Å². The number of nitrogen functional groups attached to an aromatic ring is 1. The van der Waals surface area contributed by atoms with E-state index < -0.39 is 0 Å². The monoisotopic (exact) mass is 192 g/mol. The fourth-order valence-electron chi connectivity index (χ4n) is 1.74. The SMILES string of the molecule is CCc1ccc(N)cc1N(CC)CC. The minimum Gasteiger partial charge on any atom is -0.399 e. The molecule has 2 nitrogen and oxygen atoms in total. The van der Waals surface area contributed by atoms with E-state index in [9.17, 15) is 0 Å². The van der Waals surface area contributed by atoms with Crippen LogP contribution in [0.4, 0.5) is 11.4 Å². The molecule has 0 atom stereocenters. The maximum absolute atomic E-state index is 5.80. The van der Waals surface area contributed by atoms with E-state index in [2.05, 4.69) is 37.8 Å². The van der Waals surface area contributed by atoms with E-state index in [0.717, 1.165) is 25.2 Å². The standard InChI is InChI=1S/C12H20N2/c1-4-10-7-8-11(13)9-12(10)14(5-2)6-3/h7-9H,4-6,13H2,1-3H3. The van der Waals surface area contributed by atoms with Gasteiger partial charge in [-0.2, -0.15) is 0 Å². The molecule has 0 spiro atoms. The topological polar surface area (TPSA) is 29.3 Å². The number of anilines is 2. The van der Waals surface area contributed by atoms with Gasteiger partial charge in [-0.15, -0.1) is 0 Å². The molecule has 14 heavy (non-hydrogen) atoms. The first kappa shape index (κ1) is 10.9. The summed E-state index contributed by atoms with van der Waals surface area (Å²) in [5.74, 6) is 0. The van der Waals surface area contributed by atoms with Gasteiger partial charge in [-0.05, 0) is 38.0 Å². The summed E-state index contributed by atoms with van der Waals surface area (Å²) in [5, 5.41) is 0. The Hall–Kier alpha value is -1.18. The molecule has 0 aliphatic rings. The molecular weight excluding hydrogens is 172 g/mol. The van der Waals surface area contributed by atoms with Gasteiger partial charge in [0.25, 0.3) is 0 Å². The van der Waals surface area contributed by atoms with Crippen molar-refractivity contribution in [3.8, 4) is 0 Å². The predicted molar refractivity (Wildman–Crippen MR) is 63.8 cm³/mol. The van der Waals surface area contributed by atoms with E-state index >= 15 is 0 Å². The Morgan fingerprint density at radius 3 is 2.29 bits per heavy atom. The lowest BCUT2D eigenvalue weighted by Gasteiger charge is -2.24. The molecule has 1 rings (SSSR count). The van der Waals surface area contributed by atoms with E-state index in [1.165, 1.54) is 11.3 Å². The number of benzene rings is 1. The smallest absolute Gasteiger partial charge is 0.0419 e. The van der Waals surface area contributed by atoms with Crippen LogP contribution in [-0.2, 0) is 6.42 Å². The fraction of sp³-hybridized carbons (Fsp3) is 0.500. The predicted octanol–water partition coefficient (Wildman–Crippen LogP) is 2.68. The highest BCUT2D eigenvalue weighted by atomic mass is 15.1. The second-order valence-electron chi connectivity index (χ2n) is 3.41. The van der Waals surface area contributed by atoms with Crippen LogP contribution in [0.25, 0.3) is 0 Å². The first-order valence-electron chi connectivity index (χ1n) is 5.36. The number of nitrogens with zero attached hydrogens (tertiary/aromatic N) is 1. The molecule has 0 fully saturated rings. The quantitative estimate of drug-likeness (QED) is 0.743. The molecule has 0 radical (unpaired) electrons. The summed E-state index contributed by atoms with van der Waals surface area (Å²) in [5.41, 5.74) is 9.32. The summed E-state index contributed by atoms with van der Waals surface area (Å²) in [6.45, 7) is 8.59. The summed E-state index contributed by atoms with van der Waals surface area (Å²) < 4.78 is 0. The highest BCUT2D eigenvalue weighted by Crippen LogP contribution is 2.23. The van der Waals surface area contributed by atoms with Crippen LogP contribution in [0.15, 0.2) is 18.2 Å². The molecule has 0 saturated heterocycles. The molecule has 0 aromatic heterocycles. The van der Waals surface area contributed by atoms with Gasteiger partial charge >= 0.3 is 0 Å². The van der Waals surface area contributed by atoms with Gasteiger partial charge in [0, 0.05) is 24.5 Å². The normalized spacial score (nSPS) is 10.2. The Morgan fingerprint density at radius 2 is 1.79 bits per heavy atom. The molecule has 0 aliphatic carbocycles. The zero-order chi connectivity index (χ0) is 10.6. The van der Waals surface area contributed by atoms with Gasteiger partial charge in [-0.25, -0.2) is 0 Å². The first-order chi connectivity index (χ1) is 6.72. The van der Waals surface area contributed by atoms with E-state index in [1.54, 1.807) is 0 Å². The highest BCUT2D eigenvalue weighted by Gasteiger charge is 2.06. The van der Waals surface area contributed by atoms with Gasteiger partial charge in [-0.1, -0.05) is 13.0 Å². The van der Waals surface area contributed by atoms with Crippen LogP contribution in [0.3, 0.4) is 0 Å². The lowest BCUT2D eigenvalue weighted by atomic mass is 10.1. The summed E-state index contributed by atoms with van der Waals surface area (Å²) >= 11 is 0. The molecule has 0 heterocycles. The Labute approximate surface area is 86.7 Å². The molecule has 0 aliphatic heterocycles. The largest absolute Gasteiger partial charge is 0.399 e. The van der Waals surface area contributed by atoms with Crippen LogP contribution in [0, 0.1) is 0 Å². The van der Waals surface area contributed by atoms with E-state index in [4.69, 9.17) is 5.73 Å². The third kappa shape index (κ3) is 2.19. The minimum absolute atomic E-state index is 0.851. The Bertz CT molecular complexity index is 290. The van der Waals surface area contributed by atoms with E-state index in [1.807, 2.05) is 6.07 Å². The number of hydrogen-bond acceptors (Lipinski definition) is 2. The van der Waals surface area contributed by atoms with Crippen molar-refractivity contribution < 1.29 is 0 Å². The van der Waals surface area contributed by atoms with Crippen molar-refractivity contribution in [2.45, 2.75) is 27.2 Å². The van der Waals surface area contributed by atoms with Gasteiger partial charge in [0.15, 0.2) is 0 Å². The van der Waals surface area contributed by atoms with Crippen LogP contribution in [-0.4, -0.2) is 13.1 Å². The third-order valence-electron chi connectivity index (χ3n) is 2.59. The zero-order valence-electron chi connectivity index (χ0n) is 9.38. The fourth-order valence-corrected chi connectivity index (χ4v) is 1.74. The number of rotatable bonds is 4. The lowest BCUT2D eigenvalue weighted by molar-refractivity contribution is 0.856. The van der Waals surface area contributed by atoms with Crippen LogP contribution < -0.4 is 10.6 Å². The maximum Gasteiger partial charge on any atom is 0.0419 e. The Balaban J connectivity index is 3.08. The average molecular weight is 192 g/mol. The second kappa shape index (κ2) is 4.89. The highest BCUT2D eigenvalue weighted by molar-refractivity contribution is 5.61. The minimum atomic E-state index is 0.851. The second-order valence-corrected chi connectivity index (χ2v) is 3.41. The molecule has 0 saturated carbocycles. The van der Waals surface area contributed by atoms with Crippen LogP contribution in [0.2, 0.25) is 0 Å². The number of aryl methyl sites for hydroxylation is 1. The van der Waals surface area contributed by atoms with Crippen LogP contribution in [0.5, 0.6) is 0 Å². The summed E-state index contributed by atoms with van der Waals surface area (Å²) in [6, 6.07) is 6.18. The Kier molecular flexibility index (Phi) is 3.81. The molecular formula is C12H20N2. The summed E-state index contributed by atoms with van der Waals surface area (Å²) in [6.07, 6.45) is 1.06. The molecule has 0 unspecified atom stereocenters. The molecule has 2 heteroatoms. The molecule has 2 N–H and O–H groups in total.